The van der Waals surface area contributed by atoms with E-state index in [1.54, 1.807) is 0 Å². The summed E-state index contributed by atoms with van der Waals surface area (Å²) >= 11 is 5.32. The number of ether oxygens (including phenoxy) is 2. The Labute approximate surface area is 125 Å². The van der Waals surface area contributed by atoms with Crippen LogP contribution in [0.2, 0.25) is 0 Å². The Hall–Kier alpha value is -1.75. The van der Waals surface area contributed by atoms with E-state index < -0.39 is 0 Å². The maximum Gasteiger partial charge on any atom is 0.169 e. The average molecular weight is 292 g/mol. The summed E-state index contributed by atoms with van der Waals surface area (Å²) in [6.07, 6.45) is -0.0283. The van der Waals surface area contributed by atoms with E-state index >= 15 is 0 Å². The van der Waals surface area contributed by atoms with E-state index in [2.05, 4.69) is 11.9 Å². The molecule has 1 atom stereocenters. The van der Waals surface area contributed by atoms with Gasteiger partial charge in [0.25, 0.3) is 0 Å². The summed E-state index contributed by atoms with van der Waals surface area (Å²) in [7, 11) is 1.94. The molecule has 0 aliphatic carbocycles. The lowest BCUT2D eigenvalue weighted by atomic mass is 10.2. The second kappa shape index (κ2) is 6.61. The fourth-order valence-electron chi connectivity index (χ4n) is 1.90. The monoisotopic (exact) mass is 292 g/mol. The summed E-state index contributed by atoms with van der Waals surface area (Å²) in [6.45, 7) is 7.70. The van der Waals surface area contributed by atoms with Gasteiger partial charge in [-0.3, -0.25) is 0 Å². The molecule has 0 saturated carbocycles. The molecule has 1 aliphatic rings. The molecule has 0 spiro atoms. The van der Waals surface area contributed by atoms with Crippen LogP contribution in [0.1, 0.15) is 6.92 Å². The van der Waals surface area contributed by atoms with E-state index in [0.29, 0.717) is 24.8 Å². The molecule has 0 bridgehead atoms. The van der Waals surface area contributed by atoms with Crippen molar-refractivity contribution in [2.45, 2.75) is 13.0 Å². The minimum absolute atomic E-state index is 0.0283. The van der Waals surface area contributed by atoms with Crippen LogP contribution in [0, 0.1) is 0 Å². The predicted molar refractivity (Wildman–Crippen MR) is 84.4 cm³/mol. The lowest BCUT2D eigenvalue weighted by molar-refractivity contribution is 0.0779. The van der Waals surface area contributed by atoms with Gasteiger partial charge in [0.2, 0.25) is 0 Å². The third kappa shape index (κ3) is 3.87. The van der Waals surface area contributed by atoms with Crippen LogP contribution in [0.4, 0.5) is 0 Å². The summed E-state index contributed by atoms with van der Waals surface area (Å²) in [6, 6.07) is 7.70. The molecule has 4 nitrogen and oxygen atoms in total. The van der Waals surface area contributed by atoms with Crippen molar-refractivity contribution in [3.8, 4) is 11.5 Å². The lowest BCUT2D eigenvalue weighted by Gasteiger charge is -2.30. The van der Waals surface area contributed by atoms with Gasteiger partial charge >= 0.3 is 0 Å². The van der Waals surface area contributed by atoms with Crippen LogP contribution < -0.4 is 14.8 Å². The van der Waals surface area contributed by atoms with E-state index in [1.165, 1.54) is 0 Å². The number of nitrogens with zero attached hydrogens (tertiary/aromatic N) is 1. The van der Waals surface area contributed by atoms with Crippen molar-refractivity contribution in [2.24, 2.45) is 0 Å². The highest BCUT2D eigenvalue weighted by Crippen LogP contribution is 2.30. The zero-order chi connectivity index (χ0) is 14.5. The number of para-hydroxylation sites is 2. The summed E-state index contributed by atoms with van der Waals surface area (Å²) in [4.78, 5) is 1.96. The SMILES string of the molecule is C=C(C)CNC(=S)N(C)C[C@@H]1COc2ccccc2O1. The van der Waals surface area contributed by atoms with Gasteiger partial charge < -0.3 is 19.7 Å². The molecule has 2 rings (SSSR count). The molecule has 1 aromatic rings. The molecular formula is C15H20N2O2S. The molecule has 1 N–H and O–H groups in total. The molecule has 1 aromatic carbocycles. The Morgan fingerprint density at radius 3 is 2.85 bits per heavy atom. The van der Waals surface area contributed by atoms with Crippen LogP contribution in [0.3, 0.4) is 0 Å². The number of fused-ring (bicyclic) bond motifs is 1. The predicted octanol–water partition coefficient (Wildman–Crippen LogP) is 2.21. The topological polar surface area (TPSA) is 33.7 Å². The van der Waals surface area contributed by atoms with Gasteiger partial charge in [-0.15, -0.1) is 0 Å². The van der Waals surface area contributed by atoms with Crippen LogP contribution in [0.15, 0.2) is 36.4 Å². The van der Waals surface area contributed by atoms with E-state index in [9.17, 15) is 0 Å². The lowest BCUT2D eigenvalue weighted by Crippen LogP contribution is -2.45. The first kappa shape index (κ1) is 14.7. The van der Waals surface area contributed by atoms with Gasteiger partial charge in [-0.05, 0) is 31.3 Å². The molecule has 0 saturated heterocycles. The molecule has 108 valence electrons. The first-order chi connectivity index (χ1) is 9.56. The highest BCUT2D eigenvalue weighted by molar-refractivity contribution is 7.80. The summed E-state index contributed by atoms with van der Waals surface area (Å²) in [5, 5.41) is 3.84. The number of benzene rings is 1. The van der Waals surface area contributed by atoms with Crippen molar-refractivity contribution in [3.05, 3.63) is 36.4 Å². The highest BCUT2D eigenvalue weighted by Gasteiger charge is 2.22. The standard InChI is InChI=1S/C15H20N2O2S/c1-11(2)8-16-15(20)17(3)9-12-10-18-13-6-4-5-7-14(13)19-12/h4-7,12H,1,8-10H2,2-3H3,(H,16,20)/t12-/m1/s1. The zero-order valence-corrected chi connectivity index (χ0v) is 12.7. The third-order valence-electron chi connectivity index (χ3n) is 2.93. The maximum atomic E-state index is 5.91. The summed E-state index contributed by atoms with van der Waals surface area (Å²) in [5.41, 5.74) is 1.05. The largest absolute Gasteiger partial charge is 0.486 e. The van der Waals surface area contributed by atoms with Crippen LogP contribution in [-0.2, 0) is 0 Å². The molecule has 0 fully saturated rings. The summed E-state index contributed by atoms with van der Waals surface area (Å²) < 4.78 is 11.6. The average Bonchev–Trinajstić information content (AvgIpc) is 2.44. The van der Waals surface area contributed by atoms with E-state index in [0.717, 1.165) is 17.1 Å². The molecule has 0 amide bonds. The smallest absolute Gasteiger partial charge is 0.169 e. The van der Waals surface area contributed by atoms with E-state index in [1.807, 2.05) is 43.1 Å². The van der Waals surface area contributed by atoms with Gasteiger partial charge in [0.15, 0.2) is 22.7 Å². The molecule has 1 heterocycles. The summed E-state index contributed by atoms with van der Waals surface area (Å²) in [5.74, 6) is 1.59. The maximum absolute atomic E-state index is 5.91. The first-order valence-corrected chi connectivity index (χ1v) is 6.99. The zero-order valence-electron chi connectivity index (χ0n) is 11.9. The highest BCUT2D eigenvalue weighted by atomic mass is 32.1. The molecule has 1 aliphatic heterocycles. The number of hydrogen-bond acceptors (Lipinski definition) is 3. The Morgan fingerprint density at radius 2 is 2.15 bits per heavy atom. The third-order valence-corrected chi connectivity index (χ3v) is 3.39. The molecular weight excluding hydrogens is 272 g/mol. The number of rotatable bonds is 4. The minimum Gasteiger partial charge on any atom is -0.486 e. The van der Waals surface area contributed by atoms with Crippen molar-refractivity contribution in [2.75, 3.05) is 26.7 Å². The number of hydrogen-bond donors (Lipinski definition) is 1. The van der Waals surface area contributed by atoms with Crippen molar-refractivity contribution < 1.29 is 9.47 Å². The molecule has 0 radical (unpaired) electrons. The Morgan fingerprint density at radius 1 is 1.45 bits per heavy atom. The van der Waals surface area contributed by atoms with Gasteiger partial charge in [-0.2, -0.15) is 0 Å². The molecule has 0 unspecified atom stereocenters. The van der Waals surface area contributed by atoms with Gasteiger partial charge in [-0.1, -0.05) is 24.3 Å². The number of nitrogens with one attached hydrogen (secondary N) is 1. The van der Waals surface area contributed by atoms with Crippen molar-refractivity contribution >= 4 is 17.3 Å². The van der Waals surface area contributed by atoms with Crippen molar-refractivity contribution in [1.29, 1.82) is 0 Å². The number of thiocarbonyl (C=S) groups is 1. The molecule has 0 aromatic heterocycles. The second-order valence-electron chi connectivity index (χ2n) is 4.99. The van der Waals surface area contributed by atoms with E-state index in [4.69, 9.17) is 21.7 Å². The second-order valence-corrected chi connectivity index (χ2v) is 5.38. The van der Waals surface area contributed by atoms with Gasteiger partial charge in [0.05, 0.1) is 6.54 Å². The van der Waals surface area contributed by atoms with E-state index in [-0.39, 0.29) is 6.10 Å². The minimum atomic E-state index is -0.0283. The fourth-order valence-corrected chi connectivity index (χ4v) is 2.05. The first-order valence-electron chi connectivity index (χ1n) is 6.58. The van der Waals surface area contributed by atoms with Crippen LogP contribution >= 0.6 is 12.2 Å². The number of likely N-dealkylation sites (N-methyl/N-ethyl adjacent to an activating group) is 1. The van der Waals surface area contributed by atoms with Crippen LogP contribution in [-0.4, -0.2) is 42.9 Å². The van der Waals surface area contributed by atoms with Gasteiger partial charge in [0, 0.05) is 13.6 Å². The molecule has 20 heavy (non-hydrogen) atoms. The normalized spacial score (nSPS) is 16.4. The quantitative estimate of drug-likeness (QED) is 0.680. The Kier molecular flexibility index (Phi) is 4.84. The Bertz CT molecular complexity index is 504. The fraction of sp³-hybridized carbons (Fsp3) is 0.400. The van der Waals surface area contributed by atoms with Gasteiger partial charge in [0.1, 0.15) is 6.61 Å². The van der Waals surface area contributed by atoms with Crippen molar-refractivity contribution in [3.63, 3.8) is 0 Å². The van der Waals surface area contributed by atoms with Gasteiger partial charge in [-0.25, -0.2) is 0 Å². The molecule has 5 heteroatoms. The van der Waals surface area contributed by atoms with Crippen molar-refractivity contribution in [1.82, 2.24) is 10.2 Å². The van der Waals surface area contributed by atoms with Crippen LogP contribution in [0.25, 0.3) is 0 Å². The van der Waals surface area contributed by atoms with Crippen LogP contribution in [0.5, 0.6) is 11.5 Å². The Balaban J connectivity index is 1.85.